The number of benzene rings is 1. The molecule has 5 fully saturated rings. The van der Waals surface area contributed by atoms with Gasteiger partial charge in [0.25, 0.3) is 5.91 Å². The molecule has 1 aliphatic carbocycles. The maximum Gasteiger partial charge on any atom is 0.254 e. The molecule has 4 saturated heterocycles. The fourth-order valence-corrected chi connectivity index (χ4v) is 6.82. The first-order valence-corrected chi connectivity index (χ1v) is 13.3. The Balaban J connectivity index is 1.29. The first-order valence-electron chi connectivity index (χ1n) is 13.3. The second-order valence-corrected chi connectivity index (χ2v) is 11.0. The second-order valence-electron chi connectivity index (χ2n) is 11.0. The molecule has 2 unspecified atom stereocenters. The van der Waals surface area contributed by atoms with Gasteiger partial charge < -0.3 is 20.9 Å². The Kier molecular flexibility index (Phi) is 6.87. The maximum atomic E-state index is 13.3. The maximum absolute atomic E-state index is 13.3. The van der Waals surface area contributed by atoms with Crippen LogP contribution in [0.3, 0.4) is 0 Å². The van der Waals surface area contributed by atoms with Crippen molar-refractivity contribution in [3.8, 4) is 0 Å². The van der Waals surface area contributed by atoms with Gasteiger partial charge >= 0.3 is 0 Å². The third-order valence-corrected chi connectivity index (χ3v) is 8.90. The smallest absolute Gasteiger partial charge is 0.254 e. The molecule has 1 aromatic rings. The number of piperidine rings is 2. The van der Waals surface area contributed by atoms with E-state index in [9.17, 15) is 4.79 Å². The Hall–Kier alpha value is -1.43. The molecule has 5 nitrogen and oxygen atoms in total. The number of fused-ring (bicyclic) bond motifs is 4. The van der Waals surface area contributed by atoms with E-state index in [4.69, 9.17) is 5.73 Å². The van der Waals surface area contributed by atoms with Gasteiger partial charge in [0.15, 0.2) is 0 Å². The topological polar surface area (TPSA) is 61.6 Å². The predicted octanol–water partition coefficient (Wildman–Crippen LogP) is 3.88. The van der Waals surface area contributed by atoms with Crippen LogP contribution in [0.25, 0.3) is 0 Å². The van der Waals surface area contributed by atoms with Gasteiger partial charge in [-0.1, -0.05) is 50.7 Å². The van der Waals surface area contributed by atoms with E-state index < -0.39 is 0 Å². The van der Waals surface area contributed by atoms with Crippen LogP contribution < -0.4 is 11.1 Å². The molecule has 3 N–H and O–H groups in total. The number of carbonyl (C=O) groups is 1. The van der Waals surface area contributed by atoms with E-state index in [1.807, 2.05) is 0 Å². The van der Waals surface area contributed by atoms with E-state index in [2.05, 4.69) is 39.4 Å². The van der Waals surface area contributed by atoms with Gasteiger partial charge in [0, 0.05) is 61.8 Å². The van der Waals surface area contributed by atoms with Crippen molar-refractivity contribution in [3.05, 3.63) is 35.4 Å². The molecule has 1 spiro atoms. The summed E-state index contributed by atoms with van der Waals surface area (Å²) in [6.07, 6.45) is 14.1. The lowest BCUT2D eigenvalue weighted by Crippen LogP contribution is -2.58. The summed E-state index contributed by atoms with van der Waals surface area (Å²) in [5.41, 5.74) is 9.04. The summed E-state index contributed by atoms with van der Waals surface area (Å²) < 4.78 is 0. The molecule has 1 saturated carbocycles. The average Bonchev–Trinajstić information content (AvgIpc) is 3.10. The van der Waals surface area contributed by atoms with Gasteiger partial charge in [-0.3, -0.25) is 4.79 Å². The van der Waals surface area contributed by atoms with E-state index in [1.54, 1.807) is 0 Å². The van der Waals surface area contributed by atoms with Gasteiger partial charge in [-0.2, -0.15) is 0 Å². The monoisotopic (exact) mass is 438 g/mol. The summed E-state index contributed by atoms with van der Waals surface area (Å²) in [6, 6.07) is 9.10. The second kappa shape index (κ2) is 9.82. The molecule has 4 aliphatic heterocycles. The van der Waals surface area contributed by atoms with Crippen LogP contribution in [0, 0.1) is 0 Å². The van der Waals surface area contributed by atoms with Crippen LogP contribution >= 0.6 is 0 Å². The number of amides is 1. The molecule has 2 atom stereocenters. The van der Waals surface area contributed by atoms with E-state index >= 15 is 0 Å². The molecular weight excluding hydrogens is 396 g/mol. The Morgan fingerprint density at radius 3 is 2.25 bits per heavy atom. The first kappa shape index (κ1) is 22.4. The van der Waals surface area contributed by atoms with Crippen LogP contribution in [0.1, 0.15) is 92.5 Å². The molecule has 0 aromatic heterocycles. The zero-order chi connectivity index (χ0) is 22.0. The first-order chi connectivity index (χ1) is 15.6. The Morgan fingerprint density at radius 1 is 0.906 bits per heavy atom. The van der Waals surface area contributed by atoms with Gasteiger partial charge in [0.1, 0.15) is 0 Å². The van der Waals surface area contributed by atoms with Crippen molar-refractivity contribution in [1.29, 1.82) is 0 Å². The molecular formula is C27H42N4O. The standard InChI is InChI=1S/C27H42N4O/c28-25-20-29-27(13-5-3-1-2-4-6-14-27)19-24(25)21-7-9-22(10-8-21)26(32)31-18-17-30-15-11-23(31)12-16-30/h7-10,23-25,29H,1-6,11-20,28H2. The summed E-state index contributed by atoms with van der Waals surface area (Å²) in [5, 5.41) is 3.88. The highest BCUT2D eigenvalue weighted by molar-refractivity contribution is 5.94. The van der Waals surface area contributed by atoms with Crippen LogP contribution in [0.5, 0.6) is 0 Å². The van der Waals surface area contributed by atoms with Gasteiger partial charge in [-0.25, -0.2) is 0 Å². The molecule has 5 aliphatic rings. The molecule has 2 bridgehead atoms. The minimum absolute atomic E-state index is 0.143. The SMILES string of the molecule is NC1CNC2(CCCCCCCC2)CC1c1ccc(C(=O)N2CCN3CCC2CC3)cc1. The van der Waals surface area contributed by atoms with E-state index in [-0.39, 0.29) is 17.5 Å². The number of carbonyl (C=O) groups excluding carboxylic acids is 1. The summed E-state index contributed by atoms with van der Waals surface area (Å²) in [6.45, 7) is 5.07. The highest BCUT2D eigenvalue weighted by Crippen LogP contribution is 2.39. The Labute approximate surface area is 194 Å². The third kappa shape index (κ3) is 4.76. The van der Waals surface area contributed by atoms with Gasteiger partial charge in [-0.05, 0) is 49.8 Å². The molecule has 1 aromatic carbocycles. The molecule has 6 rings (SSSR count). The molecule has 176 valence electrons. The molecule has 32 heavy (non-hydrogen) atoms. The van der Waals surface area contributed by atoms with Crippen LogP contribution in [0.2, 0.25) is 0 Å². The van der Waals surface area contributed by atoms with Crippen LogP contribution in [0.15, 0.2) is 24.3 Å². The zero-order valence-corrected chi connectivity index (χ0v) is 19.7. The van der Waals surface area contributed by atoms with Crippen molar-refractivity contribution in [2.75, 3.05) is 32.7 Å². The van der Waals surface area contributed by atoms with Crippen molar-refractivity contribution < 1.29 is 4.79 Å². The van der Waals surface area contributed by atoms with Crippen LogP contribution in [-0.2, 0) is 0 Å². The minimum atomic E-state index is 0.143. The predicted molar refractivity (Wildman–Crippen MR) is 130 cm³/mol. The lowest BCUT2D eigenvalue weighted by molar-refractivity contribution is 0.0685. The molecule has 4 heterocycles. The molecule has 5 heteroatoms. The molecule has 1 amide bonds. The number of nitrogens with zero attached hydrogens (tertiary/aromatic N) is 2. The normalized spacial score (nSPS) is 33.2. The number of rotatable bonds is 2. The fraction of sp³-hybridized carbons (Fsp3) is 0.741. The quantitative estimate of drug-likeness (QED) is 0.736. The van der Waals surface area contributed by atoms with E-state index in [0.717, 1.165) is 57.5 Å². The van der Waals surface area contributed by atoms with Crippen molar-refractivity contribution in [2.45, 2.75) is 94.2 Å². The fourth-order valence-electron chi connectivity index (χ4n) is 6.82. The van der Waals surface area contributed by atoms with Crippen molar-refractivity contribution in [1.82, 2.24) is 15.1 Å². The lowest BCUT2D eigenvalue weighted by atomic mass is 9.72. The third-order valence-electron chi connectivity index (χ3n) is 8.90. The summed E-state index contributed by atoms with van der Waals surface area (Å²) in [4.78, 5) is 18.0. The molecule has 0 radical (unpaired) electrons. The number of hydrogen-bond donors (Lipinski definition) is 2. The number of nitrogens with two attached hydrogens (primary N) is 1. The highest BCUT2D eigenvalue weighted by atomic mass is 16.2. The van der Waals surface area contributed by atoms with Gasteiger partial charge in [0.05, 0.1) is 0 Å². The summed E-state index contributed by atoms with van der Waals surface area (Å²) in [7, 11) is 0. The zero-order valence-electron chi connectivity index (χ0n) is 19.7. The summed E-state index contributed by atoms with van der Waals surface area (Å²) in [5.74, 6) is 0.593. The van der Waals surface area contributed by atoms with Crippen LogP contribution in [-0.4, -0.2) is 66.1 Å². The Morgan fingerprint density at radius 2 is 1.56 bits per heavy atom. The largest absolute Gasteiger partial charge is 0.334 e. The van der Waals surface area contributed by atoms with Crippen LogP contribution in [0.4, 0.5) is 0 Å². The number of hydrogen-bond acceptors (Lipinski definition) is 4. The minimum Gasteiger partial charge on any atom is -0.334 e. The van der Waals surface area contributed by atoms with E-state index in [0.29, 0.717) is 12.0 Å². The Bertz CT molecular complexity index is 760. The van der Waals surface area contributed by atoms with Crippen molar-refractivity contribution >= 4 is 5.91 Å². The number of nitrogens with one attached hydrogen (secondary N) is 1. The van der Waals surface area contributed by atoms with Gasteiger partial charge in [-0.15, -0.1) is 0 Å². The van der Waals surface area contributed by atoms with Gasteiger partial charge in [0.2, 0.25) is 0 Å². The lowest BCUT2D eigenvalue weighted by Gasteiger charge is -2.45. The highest BCUT2D eigenvalue weighted by Gasteiger charge is 2.39. The van der Waals surface area contributed by atoms with Crippen molar-refractivity contribution in [3.63, 3.8) is 0 Å². The average molecular weight is 439 g/mol. The van der Waals surface area contributed by atoms with Crippen molar-refractivity contribution in [2.24, 2.45) is 5.73 Å². The van der Waals surface area contributed by atoms with E-state index in [1.165, 1.54) is 56.9 Å². The summed E-state index contributed by atoms with van der Waals surface area (Å²) >= 11 is 0.